The van der Waals surface area contributed by atoms with Gasteiger partial charge in [0.05, 0.1) is 18.8 Å². The molecule has 1 heterocycles. The van der Waals surface area contributed by atoms with Gasteiger partial charge in [0.2, 0.25) is 0 Å². The van der Waals surface area contributed by atoms with Crippen LogP contribution in [0.1, 0.15) is 77.6 Å². The standard InChI is InChI=1S/C15H32O8P2/c1-15(14-21-15)12-10-8-6-4-2-3-5-7-9-11-13-22-25(19,20)23-24(16,17)18/h2-14H2,1H3,(H,19,20)(H2,16,17,18). The molecule has 8 nitrogen and oxygen atoms in total. The van der Waals surface area contributed by atoms with Gasteiger partial charge in [-0.05, 0) is 19.8 Å². The van der Waals surface area contributed by atoms with Crippen LogP contribution < -0.4 is 0 Å². The van der Waals surface area contributed by atoms with Crippen LogP contribution >= 0.6 is 15.6 Å². The van der Waals surface area contributed by atoms with E-state index in [-0.39, 0.29) is 12.2 Å². The Bertz CT molecular complexity index is 460. The van der Waals surface area contributed by atoms with E-state index in [1.54, 1.807) is 0 Å². The number of rotatable bonds is 16. The van der Waals surface area contributed by atoms with Crippen LogP contribution in [0.5, 0.6) is 0 Å². The molecule has 1 rings (SSSR count). The summed E-state index contributed by atoms with van der Waals surface area (Å²) >= 11 is 0. The number of hydrogen-bond acceptors (Lipinski definition) is 5. The molecule has 2 atom stereocenters. The maximum Gasteiger partial charge on any atom is 0.481 e. The fourth-order valence-electron chi connectivity index (χ4n) is 2.62. The van der Waals surface area contributed by atoms with Gasteiger partial charge in [0.15, 0.2) is 0 Å². The van der Waals surface area contributed by atoms with Crippen molar-refractivity contribution >= 4 is 15.6 Å². The summed E-state index contributed by atoms with van der Waals surface area (Å²) in [5, 5.41) is 0. The Balaban J connectivity index is 1.81. The molecule has 0 amide bonds. The Morgan fingerprint density at radius 2 is 1.32 bits per heavy atom. The fourth-order valence-corrected chi connectivity index (χ4v) is 4.24. The molecule has 0 saturated carbocycles. The average molecular weight is 402 g/mol. The zero-order valence-corrected chi connectivity index (χ0v) is 16.8. The molecule has 0 spiro atoms. The van der Waals surface area contributed by atoms with Gasteiger partial charge in [-0.3, -0.25) is 4.52 Å². The Labute approximate surface area is 150 Å². The maximum absolute atomic E-state index is 11.2. The van der Waals surface area contributed by atoms with Crippen LogP contribution in [-0.2, 0) is 22.7 Å². The number of hydrogen-bond donors (Lipinski definition) is 3. The van der Waals surface area contributed by atoms with Crippen molar-refractivity contribution in [1.29, 1.82) is 0 Å². The Hall–Kier alpha value is 0.220. The molecule has 2 unspecified atom stereocenters. The molecule has 1 saturated heterocycles. The van der Waals surface area contributed by atoms with Crippen molar-refractivity contribution in [2.45, 2.75) is 83.2 Å². The van der Waals surface area contributed by atoms with E-state index in [1.165, 1.54) is 44.9 Å². The van der Waals surface area contributed by atoms with Gasteiger partial charge in [0.1, 0.15) is 0 Å². The molecule has 150 valence electrons. The third-order valence-electron chi connectivity index (χ3n) is 4.20. The number of phosphoric ester groups is 1. The van der Waals surface area contributed by atoms with Crippen molar-refractivity contribution in [3.8, 4) is 0 Å². The number of phosphoric acid groups is 2. The van der Waals surface area contributed by atoms with E-state index >= 15 is 0 Å². The van der Waals surface area contributed by atoms with Gasteiger partial charge in [0.25, 0.3) is 0 Å². The zero-order chi connectivity index (χ0) is 18.8. The minimum atomic E-state index is -5.02. The number of unbranched alkanes of at least 4 members (excludes halogenated alkanes) is 9. The highest BCUT2D eigenvalue weighted by atomic mass is 31.3. The summed E-state index contributed by atoms with van der Waals surface area (Å²) in [6.07, 6.45) is 12.2. The summed E-state index contributed by atoms with van der Waals surface area (Å²) in [5.74, 6) is 0. The highest BCUT2D eigenvalue weighted by Crippen LogP contribution is 2.57. The second-order valence-electron chi connectivity index (χ2n) is 6.90. The average Bonchev–Trinajstić information content (AvgIpc) is 3.19. The molecule has 25 heavy (non-hydrogen) atoms. The van der Waals surface area contributed by atoms with E-state index in [2.05, 4.69) is 15.8 Å². The highest BCUT2D eigenvalue weighted by Gasteiger charge is 2.37. The van der Waals surface area contributed by atoms with Crippen molar-refractivity contribution in [1.82, 2.24) is 0 Å². The lowest BCUT2D eigenvalue weighted by Gasteiger charge is -2.12. The van der Waals surface area contributed by atoms with Crippen LogP contribution in [0.15, 0.2) is 0 Å². The lowest BCUT2D eigenvalue weighted by Crippen LogP contribution is -2.02. The normalized spacial score (nSPS) is 22.7. The third-order valence-corrected chi connectivity index (χ3v) is 6.39. The van der Waals surface area contributed by atoms with Crippen LogP contribution in [0.3, 0.4) is 0 Å². The van der Waals surface area contributed by atoms with Gasteiger partial charge >= 0.3 is 15.6 Å². The van der Waals surface area contributed by atoms with Crippen LogP contribution in [0.4, 0.5) is 0 Å². The molecule has 0 radical (unpaired) electrons. The topological polar surface area (TPSA) is 126 Å². The summed E-state index contributed by atoms with van der Waals surface area (Å²) < 4.78 is 35.2. The van der Waals surface area contributed by atoms with Crippen LogP contribution in [0.25, 0.3) is 0 Å². The summed E-state index contributed by atoms with van der Waals surface area (Å²) in [4.78, 5) is 26.0. The Morgan fingerprint density at radius 3 is 1.76 bits per heavy atom. The van der Waals surface area contributed by atoms with Gasteiger partial charge in [-0.15, -0.1) is 0 Å². The van der Waals surface area contributed by atoms with Crippen molar-refractivity contribution in [2.75, 3.05) is 13.2 Å². The van der Waals surface area contributed by atoms with Crippen LogP contribution in [0.2, 0.25) is 0 Å². The summed E-state index contributed by atoms with van der Waals surface area (Å²) in [7, 11) is -9.69. The molecular formula is C15H32O8P2. The van der Waals surface area contributed by atoms with E-state index in [4.69, 9.17) is 19.4 Å². The highest BCUT2D eigenvalue weighted by molar-refractivity contribution is 7.60. The van der Waals surface area contributed by atoms with Crippen molar-refractivity contribution in [2.24, 2.45) is 0 Å². The monoisotopic (exact) mass is 402 g/mol. The van der Waals surface area contributed by atoms with Crippen LogP contribution in [-0.4, -0.2) is 33.5 Å². The summed E-state index contributed by atoms with van der Waals surface area (Å²) in [6, 6.07) is 0. The molecule has 0 aromatic heterocycles. The van der Waals surface area contributed by atoms with Crippen molar-refractivity contribution in [3.05, 3.63) is 0 Å². The lowest BCUT2D eigenvalue weighted by molar-refractivity contribution is 0.175. The van der Waals surface area contributed by atoms with E-state index < -0.39 is 15.6 Å². The fraction of sp³-hybridized carbons (Fsp3) is 1.00. The lowest BCUT2D eigenvalue weighted by atomic mass is 10.0. The van der Waals surface area contributed by atoms with Gasteiger partial charge in [0, 0.05) is 0 Å². The van der Waals surface area contributed by atoms with Crippen molar-refractivity contribution in [3.63, 3.8) is 0 Å². The number of ether oxygens (including phenoxy) is 1. The molecule has 0 aliphatic carbocycles. The minimum absolute atomic E-state index is 0.0591. The molecule has 0 bridgehead atoms. The van der Waals surface area contributed by atoms with Crippen LogP contribution in [0, 0.1) is 0 Å². The van der Waals surface area contributed by atoms with Crippen molar-refractivity contribution < 1.29 is 37.4 Å². The van der Waals surface area contributed by atoms with E-state index in [1.807, 2.05) is 0 Å². The van der Waals surface area contributed by atoms with E-state index in [0.717, 1.165) is 25.9 Å². The first kappa shape index (κ1) is 23.3. The van der Waals surface area contributed by atoms with Gasteiger partial charge in [-0.25, -0.2) is 9.13 Å². The van der Waals surface area contributed by atoms with Gasteiger partial charge in [-0.1, -0.05) is 57.8 Å². The first-order chi connectivity index (χ1) is 11.6. The van der Waals surface area contributed by atoms with Gasteiger partial charge in [-0.2, -0.15) is 4.31 Å². The summed E-state index contributed by atoms with van der Waals surface area (Å²) in [5.41, 5.74) is 0.190. The first-order valence-corrected chi connectivity index (χ1v) is 12.0. The molecule has 1 aliphatic heterocycles. The Morgan fingerprint density at radius 1 is 0.880 bits per heavy atom. The van der Waals surface area contributed by atoms with E-state index in [9.17, 15) is 9.13 Å². The van der Waals surface area contributed by atoms with E-state index in [0.29, 0.717) is 6.42 Å². The third kappa shape index (κ3) is 14.0. The largest absolute Gasteiger partial charge is 0.481 e. The molecule has 1 fully saturated rings. The quantitative estimate of drug-likeness (QED) is 0.198. The SMILES string of the molecule is CC1(CCCCCCCCCCCCOP(=O)(O)OP(=O)(O)O)CO1. The molecular weight excluding hydrogens is 370 g/mol. The summed E-state index contributed by atoms with van der Waals surface area (Å²) in [6.45, 7) is 3.03. The van der Waals surface area contributed by atoms with Gasteiger partial charge < -0.3 is 19.4 Å². The predicted octanol–water partition coefficient (Wildman–Crippen LogP) is 4.29. The minimum Gasteiger partial charge on any atom is -0.370 e. The molecule has 3 N–H and O–H groups in total. The second kappa shape index (κ2) is 11.2. The first-order valence-electron chi connectivity index (χ1n) is 9.00. The number of epoxide rings is 1. The maximum atomic E-state index is 11.2. The molecule has 10 heteroatoms. The zero-order valence-electron chi connectivity index (χ0n) is 15.0. The molecule has 0 aromatic carbocycles. The molecule has 1 aliphatic rings. The smallest absolute Gasteiger partial charge is 0.370 e. The predicted molar refractivity (Wildman–Crippen MR) is 94.1 cm³/mol. The second-order valence-corrected chi connectivity index (χ2v) is 9.73. The molecule has 0 aromatic rings. The Kier molecular flexibility index (Phi) is 10.4.